The Morgan fingerprint density at radius 1 is 0.974 bits per heavy atom. The number of carbonyl (C=O) groups is 3. The molecule has 3 heterocycles. The van der Waals surface area contributed by atoms with Crippen LogP contribution in [0.15, 0.2) is 95.3 Å². The largest absolute Gasteiger partial charge is 0.422 e. The molecule has 0 radical (unpaired) electrons. The molecule has 6 rings (SSSR count). The van der Waals surface area contributed by atoms with Crippen molar-refractivity contribution in [1.82, 2.24) is 10.2 Å². The molecule has 1 fully saturated rings. The van der Waals surface area contributed by atoms with Gasteiger partial charge in [0, 0.05) is 29.8 Å². The van der Waals surface area contributed by atoms with Crippen molar-refractivity contribution in [2.75, 3.05) is 13.1 Å². The maximum atomic E-state index is 14.1. The van der Waals surface area contributed by atoms with E-state index < -0.39 is 23.3 Å². The van der Waals surface area contributed by atoms with Crippen molar-refractivity contribution in [3.63, 3.8) is 0 Å². The Morgan fingerprint density at radius 3 is 2.42 bits per heavy atom. The summed E-state index contributed by atoms with van der Waals surface area (Å²) in [6, 6.07) is 20.9. The van der Waals surface area contributed by atoms with Crippen LogP contribution < -0.4 is 10.1 Å². The molecule has 0 bridgehead atoms. The molecule has 3 aromatic carbocycles. The van der Waals surface area contributed by atoms with Crippen LogP contribution in [0.1, 0.15) is 43.8 Å². The molecule has 3 aliphatic heterocycles. The molecule has 0 spiro atoms. The van der Waals surface area contributed by atoms with Crippen LogP contribution in [-0.4, -0.2) is 40.6 Å². The highest BCUT2D eigenvalue weighted by Crippen LogP contribution is 2.50. The molecule has 1 atom stereocenters. The van der Waals surface area contributed by atoms with Gasteiger partial charge in [0.25, 0.3) is 0 Å². The molecule has 2 N–H and O–H groups in total. The van der Waals surface area contributed by atoms with E-state index in [0.29, 0.717) is 36.5 Å². The van der Waals surface area contributed by atoms with Gasteiger partial charge in [-0.1, -0.05) is 71.8 Å². The van der Waals surface area contributed by atoms with E-state index in [4.69, 9.17) is 4.74 Å². The number of hydrogen-bond donors (Lipinski definition) is 2. The predicted molar refractivity (Wildman–Crippen MR) is 140 cm³/mol. The van der Waals surface area contributed by atoms with Gasteiger partial charge in [0.1, 0.15) is 17.1 Å². The zero-order chi connectivity index (χ0) is 26.6. The van der Waals surface area contributed by atoms with Crippen LogP contribution >= 0.6 is 0 Å². The van der Waals surface area contributed by atoms with Crippen molar-refractivity contribution in [3.8, 4) is 5.75 Å². The molecule has 0 saturated carbocycles. The first-order valence-corrected chi connectivity index (χ1v) is 12.6. The van der Waals surface area contributed by atoms with E-state index in [2.05, 4.69) is 5.32 Å². The van der Waals surface area contributed by atoms with Gasteiger partial charge >= 0.3 is 5.97 Å². The van der Waals surface area contributed by atoms with Crippen molar-refractivity contribution in [3.05, 3.63) is 123 Å². The number of ether oxygens (including phenoxy) is 1. The van der Waals surface area contributed by atoms with E-state index in [1.54, 1.807) is 65.6 Å². The highest BCUT2D eigenvalue weighted by molar-refractivity contribution is 6.30. The van der Waals surface area contributed by atoms with Gasteiger partial charge in [0.05, 0.1) is 11.1 Å². The molecule has 1 saturated heterocycles. The van der Waals surface area contributed by atoms with E-state index in [-0.39, 0.29) is 28.0 Å². The maximum absolute atomic E-state index is 14.1. The van der Waals surface area contributed by atoms with Crippen molar-refractivity contribution in [1.29, 1.82) is 0 Å². The summed E-state index contributed by atoms with van der Waals surface area (Å²) in [6.07, 6.45) is 0.688. The smallest absolute Gasteiger partial charge is 0.348 e. The number of nitrogens with one attached hydrogen (secondary N) is 1. The van der Waals surface area contributed by atoms with Gasteiger partial charge in [-0.05, 0) is 32.4 Å². The molecule has 1 unspecified atom stereocenters. The Kier molecular flexibility index (Phi) is 5.54. The molecule has 7 heteroatoms. The van der Waals surface area contributed by atoms with Crippen molar-refractivity contribution < 1.29 is 24.2 Å². The lowest BCUT2D eigenvalue weighted by Gasteiger charge is -2.41. The number of Topliss-reactive ketones (excluding diaryl/α,β-unsaturated/α-hetero) is 2. The molecule has 0 aromatic heterocycles. The predicted octanol–water partition coefficient (Wildman–Crippen LogP) is 3.95. The highest BCUT2D eigenvalue weighted by atomic mass is 16.5. The fraction of sp³-hybridized carbons (Fsp3) is 0.194. The summed E-state index contributed by atoms with van der Waals surface area (Å²) in [4.78, 5) is 43.3. The summed E-state index contributed by atoms with van der Waals surface area (Å²) < 4.78 is 5.62. The fourth-order valence-corrected chi connectivity index (χ4v) is 5.47. The first kappa shape index (κ1) is 23.9. The van der Waals surface area contributed by atoms with Crippen molar-refractivity contribution >= 4 is 17.5 Å². The average molecular weight is 507 g/mol. The highest BCUT2D eigenvalue weighted by Gasteiger charge is 2.56. The second-order valence-corrected chi connectivity index (χ2v) is 9.86. The molecule has 3 aliphatic rings. The minimum absolute atomic E-state index is 0.0539. The molecule has 0 aliphatic carbocycles. The van der Waals surface area contributed by atoms with Gasteiger partial charge in [-0.25, -0.2) is 4.79 Å². The molecule has 3 aromatic rings. The van der Waals surface area contributed by atoms with Gasteiger partial charge in [0.15, 0.2) is 11.5 Å². The molecular weight excluding hydrogens is 480 g/mol. The van der Waals surface area contributed by atoms with E-state index in [1.165, 1.54) is 0 Å². The van der Waals surface area contributed by atoms with Crippen molar-refractivity contribution in [2.24, 2.45) is 0 Å². The Morgan fingerprint density at radius 2 is 1.68 bits per heavy atom. The first-order valence-electron chi connectivity index (χ1n) is 12.6. The van der Waals surface area contributed by atoms with E-state index in [1.807, 2.05) is 26.0 Å². The normalized spacial score (nSPS) is 22.6. The maximum Gasteiger partial charge on any atom is 0.348 e. The number of nitrogens with zero attached hydrogens (tertiary/aromatic N) is 1. The van der Waals surface area contributed by atoms with E-state index in [9.17, 15) is 19.5 Å². The van der Waals surface area contributed by atoms with Crippen LogP contribution in [0.2, 0.25) is 0 Å². The number of fused-ring (bicyclic) bond motifs is 2. The lowest BCUT2D eigenvalue weighted by atomic mass is 9.82. The van der Waals surface area contributed by atoms with Crippen LogP contribution in [0.25, 0.3) is 0 Å². The second kappa shape index (κ2) is 8.82. The van der Waals surface area contributed by atoms with Crippen molar-refractivity contribution in [2.45, 2.75) is 26.0 Å². The zero-order valence-electron chi connectivity index (χ0n) is 21.1. The molecule has 38 heavy (non-hydrogen) atoms. The molecule has 0 amide bonds. The van der Waals surface area contributed by atoms with Gasteiger partial charge in [0.2, 0.25) is 5.78 Å². The summed E-state index contributed by atoms with van der Waals surface area (Å²) >= 11 is 0. The number of rotatable bonds is 3. The number of carbonyl (C=O) groups excluding carboxylic acids is 3. The van der Waals surface area contributed by atoms with Crippen LogP contribution in [0, 0.1) is 13.8 Å². The summed E-state index contributed by atoms with van der Waals surface area (Å²) in [7, 11) is 0. The van der Waals surface area contributed by atoms with Crippen LogP contribution in [-0.2, 0) is 10.5 Å². The summed E-state index contributed by atoms with van der Waals surface area (Å²) in [5, 5.41) is 15.9. The molecule has 7 nitrogen and oxygen atoms in total. The van der Waals surface area contributed by atoms with E-state index >= 15 is 0 Å². The van der Waals surface area contributed by atoms with Crippen LogP contribution in [0.4, 0.5) is 0 Å². The summed E-state index contributed by atoms with van der Waals surface area (Å²) in [6.45, 7) is 4.75. The van der Waals surface area contributed by atoms with Gasteiger partial charge < -0.3 is 20.1 Å². The lowest BCUT2D eigenvalue weighted by molar-refractivity contribution is -0.130. The average Bonchev–Trinajstić information content (AvgIpc) is 3.19. The van der Waals surface area contributed by atoms with Gasteiger partial charge in [-0.15, -0.1) is 0 Å². The second-order valence-electron chi connectivity index (χ2n) is 9.86. The Hall–Kier alpha value is -4.49. The SMILES string of the molecule is Cc1ccc(C2(O)/C(=C3/C(=O)Oc4ccc(C)cc4C3=O)C(C(=O)c3ccccc3)=C3NCCCN32)cc1. The summed E-state index contributed by atoms with van der Waals surface area (Å²) in [5.74, 6) is -1.33. The minimum Gasteiger partial charge on any atom is -0.422 e. The minimum atomic E-state index is -1.96. The third-order valence-electron chi connectivity index (χ3n) is 7.33. The molecular formula is C31H26N2O5. The van der Waals surface area contributed by atoms with Crippen LogP contribution in [0.5, 0.6) is 5.75 Å². The number of esters is 1. The number of ketones is 2. The van der Waals surface area contributed by atoms with E-state index in [0.717, 1.165) is 11.1 Å². The standard InChI is InChI=1S/C31H26N2O5/c1-18-9-12-21(13-10-18)31(37)26(25-28(35)22-17-19(2)11-14-23(22)38-30(25)36)24(29-32-15-6-16-33(29)31)27(34)20-7-4-3-5-8-20/h3-5,7-14,17,32,37H,6,15-16H2,1-2H3/b26-25+. The Labute approximate surface area is 220 Å². The number of benzene rings is 3. The number of aliphatic hydroxyl groups is 1. The first-order chi connectivity index (χ1) is 18.3. The summed E-state index contributed by atoms with van der Waals surface area (Å²) in [5.41, 5.74) is 0.575. The van der Waals surface area contributed by atoms with Crippen LogP contribution in [0.3, 0.4) is 0 Å². The topological polar surface area (TPSA) is 95.9 Å². The zero-order valence-corrected chi connectivity index (χ0v) is 21.1. The number of aryl methyl sites for hydroxylation is 2. The monoisotopic (exact) mass is 506 g/mol. The lowest BCUT2D eigenvalue weighted by Crippen LogP contribution is -2.50. The fourth-order valence-electron chi connectivity index (χ4n) is 5.47. The van der Waals surface area contributed by atoms with Gasteiger partial charge in [-0.2, -0.15) is 0 Å². The third kappa shape index (κ3) is 3.50. The Bertz CT molecular complexity index is 1570. The molecule has 190 valence electrons. The van der Waals surface area contributed by atoms with Gasteiger partial charge in [-0.3, -0.25) is 9.59 Å². The quantitative estimate of drug-likeness (QED) is 0.183. The Balaban J connectivity index is 1.68. The third-order valence-corrected chi connectivity index (χ3v) is 7.33. The number of hydrogen-bond acceptors (Lipinski definition) is 7.